The first-order chi connectivity index (χ1) is 8.87. The summed E-state index contributed by atoms with van der Waals surface area (Å²) in [6.07, 6.45) is 0. The molecule has 3 N–H and O–H groups in total. The molecular formula is C12H19N3O3S. The van der Waals surface area contributed by atoms with E-state index in [1.54, 1.807) is 25.1 Å². The van der Waals surface area contributed by atoms with Crippen molar-refractivity contribution in [3.8, 4) is 0 Å². The highest BCUT2D eigenvalue weighted by atomic mass is 32.2. The summed E-state index contributed by atoms with van der Waals surface area (Å²) in [5, 5.41) is 2.61. The third kappa shape index (κ3) is 4.30. The largest absolute Gasteiger partial charge is 0.351 e. The van der Waals surface area contributed by atoms with E-state index < -0.39 is 10.0 Å². The van der Waals surface area contributed by atoms with Crippen LogP contribution in [-0.2, 0) is 14.8 Å². The van der Waals surface area contributed by atoms with Crippen molar-refractivity contribution >= 4 is 15.9 Å². The van der Waals surface area contributed by atoms with Crippen LogP contribution in [-0.4, -0.2) is 44.8 Å². The van der Waals surface area contributed by atoms with Crippen molar-refractivity contribution in [1.82, 2.24) is 9.62 Å². The molecule has 0 aromatic heterocycles. The van der Waals surface area contributed by atoms with E-state index >= 15 is 0 Å². The predicted molar refractivity (Wildman–Crippen MR) is 72.9 cm³/mol. The second-order valence-electron chi connectivity index (χ2n) is 4.28. The number of nitrogens with zero attached hydrogens (tertiary/aromatic N) is 1. The molecule has 1 atom stereocenters. The van der Waals surface area contributed by atoms with Crippen molar-refractivity contribution in [2.45, 2.75) is 17.9 Å². The Hall–Kier alpha value is -1.44. The summed E-state index contributed by atoms with van der Waals surface area (Å²) in [4.78, 5) is 11.8. The number of nitrogens with one attached hydrogen (secondary N) is 1. The monoisotopic (exact) mass is 285 g/mol. The van der Waals surface area contributed by atoms with E-state index in [1.165, 1.54) is 19.2 Å². The molecule has 0 heterocycles. The van der Waals surface area contributed by atoms with Gasteiger partial charge in [0.15, 0.2) is 0 Å². The Morgan fingerprint density at radius 1 is 1.37 bits per heavy atom. The molecule has 0 saturated heterocycles. The lowest BCUT2D eigenvalue weighted by molar-refractivity contribution is -0.121. The van der Waals surface area contributed by atoms with Crippen molar-refractivity contribution in [1.29, 1.82) is 0 Å². The highest BCUT2D eigenvalue weighted by Crippen LogP contribution is 2.12. The van der Waals surface area contributed by atoms with E-state index in [-0.39, 0.29) is 23.4 Å². The summed E-state index contributed by atoms with van der Waals surface area (Å²) in [5.41, 5.74) is 5.38. The number of rotatable bonds is 6. The van der Waals surface area contributed by atoms with Gasteiger partial charge in [0, 0.05) is 19.6 Å². The molecule has 1 amide bonds. The van der Waals surface area contributed by atoms with E-state index in [9.17, 15) is 13.2 Å². The molecule has 0 unspecified atom stereocenters. The fourth-order valence-corrected chi connectivity index (χ4v) is 2.59. The van der Waals surface area contributed by atoms with Crippen molar-refractivity contribution in [2.75, 3.05) is 20.1 Å². The number of hydrogen-bond donors (Lipinski definition) is 2. The maximum atomic E-state index is 12.1. The fourth-order valence-electron chi connectivity index (χ4n) is 1.44. The second kappa shape index (κ2) is 6.65. The van der Waals surface area contributed by atoms with Crippen LogP contribution in [0.2, 0.25) is 0 Å². The molecule has 0 bridgehead atoms. The van der Waals surface area contributed by atoms with Crippen molar-refractivity contribution in [3.63, 3.8) is 0 Å². The Morgan fingerprint density at radius 3 is 2.47 bits per heavy atom. The van der Waals surface area contributed by atoms with Crippen LogP contribution in [0.3, 0.4) is 0 Å². The highest BCUT2D eigenvalue weighted by Gasteiger charge is 2.22. The molecule has 0 radical (unpaired) electrons. The van der Waals surface area contributed by atoms with Gasteiger partial charge in [-0.05, 0) is 19.1 Å². The summed E-state index contributed by atoms with van der Waals surface area (Å²) >= 11 is 0. The SMILES string of the molecule is C[C@@H](CN)NC(=O)CN(C)S(=O)(=O)c1ccccc1. The number of carbonyl (C=O) groups excluding carboxylic acids is 1. The second-order valence-corrected chi connectivity index (χ2v) is 6.32. The minimum Gasteiger partial charge on any atom is -0.351 e. The van der Waals surface area contributed by atoms with Crippen LogP contribution in [0.15, 0.2) is 35.2 Å². The molecule has 19 heavy (non-hydrogen) atoms. The normalized spacial score (nSPS) is 13.3. The molecule has 1 rings (SSSR count). The summed E-state index contributed by atoms with van der Waals surface area (Å²) < 4.78 is 25.3. The first-order valence-electron chi connectivity index (χ1n) is 5.88. The Balaban J connectivity index is 2.73. The van der Waals surface area contributed by atoms with Gasteiger partial charge in [0.05, 0.1) is 11.4 Å². The van der Waals surface area contributed by atoms with Crippen molar-refractivity contribution in [3.05, 3.63) is 30.3 Å². The standard InChI is InChI=1S/C12H19N3O3S/c1-10(8-13)14-12(16)9-15(2)19(17,18)11-6-4-3-5-7-11/h3-7,10H,8-9,13H2,1-2H3,(H,14,16)/t10-/m0/s1. The van der Waals surface area contributed by atoms with Gasteiger partial charge in [-0.15, -0.1) is 0 Å². The maximum absolute atomic E-state index is 12.1. The maximum Gasteiger partial charge on any atom is 0.243 e. The third-order valence-corrected chi connectivity index (χ3v) is 4.40. The molecule has 7 heteroatoms. The van der Waals surface area contributed by atoms with E-state index in [0.29, 0.717) is 6.54 Å². The number of likely N-dealkylation sites (N-methyl/N-ethyl adjacent to an activating group) is 1. The molecule has 1 aromatic carbocycles. The Labute approximate surface area is 113 Å². The first-order valence-corrected chi connectivity index (χ1v) is 7.32. The van der Waals surface area contributed by atoms with E-state index in [1.807, 2.05) is 0 Å². The van der Waals surface area contributed by atoms with Gasteiger partial charge in [-0.1, -0.05) is 18.2 Å². The average Bonchev–Trinajstić information content (AvgIpc) is 2.39. The van der Waals surface area contributed by atoms with Crippen LogP contribution in [0.25, 0.3) is 0 Å². The summed E-state index contributed by atoms with van der Waals surface area (Å²) in [7, 11) is -2.27. The summed E-state index contributed by atoms with van der Waals surface area (Å²) in [5.74, 6) is -0.375. The number of benzene rings is 1. The van der Waals surface area contributed by atoms with E-state index in [4.69, 9.17) is 5.73 Å². The van der Waals surface area contributed by atoms with Gasteiger partial charge < -0.3 is 11.1 Å². The number of hydrogen-bond acceptors (Lipinski definition) is 4. The molecule has 0 fully saturated rings. The predicted octanol–water partition coefficient (Wildman–Crippen LogP) is -0.229. The first kappa shape index (κ1) is 15.6. The number of sulfonamides is 1. The van der Waals surface area contributed by atoms with Gasteiger partial charge in [-0.3, -0.25) is 4.79 Å². The lowest BCUT2D eigenvalue weighted by atomic mass is 10.3. The molecular weight excluding hydrogens is 266 g/mol. The molecule has 0 aliphatic heterocycles. The van der Waals surface area contributed by atoms with Gasteiger partial charge in [0.1, 0.15) is 0 Å². The highest BCUT2D eigenvalue weighted by molar-refractivity contribution is 7.89. The van der Waals surface area contributed by atoms with E-state index in [2.05, 4.69) is 5.32 Å². The smallest absolute Gasteiger partial charge is 0.243 e. The van der Waals surface area contributed by atoms with Gasteiger partial charge in [0.25, 0.3) is 0 Å². The molecule has 0 saturated carbocycles. The third-order valence-electron chi connectivity index (χ3n) is 2.58. The van der Waals surface area contributed by atoms with Crippen molar-refractivity contribution < 1.29 is 13.2 Å². The lowest BCUT2D eigenvalue weighted by Crippen LogP contribution is -2.44. The molecule has 0 aliphatic carbocycles. The molecule has 106 valence electrons. The zero-order chi connectivity index (χ0) is 14.5. The zero-order valence-corrected chi connectivity index (χ0v) is 11.9. The van der Waals surface area contributed by atoms with Crippen molar-refractivity contribution in [2.24, 2.45) is 5.73 Å². The van der Waals surface area contributed by atoms with Crippen LogP contribution >= 0.6 is 0 Å². The van der Waals surface area contributed by atoms with Gasteiger partial charge in [-0.25, -0.2) is 8.42 Å². The minimum absolute atomic E-state index is 0.164. The Kier molecular flexibility index (Phi) is 5.46. The fraction of sp³-hybridized carbons (Fsp3) is 0.417. The van der Waals surface area contributed by atoms with Crippen LogP contribution in [0.5, 0.6) is 0 Å². The van der Waals surface area contributed by atoms with Gasteiger partial charge in [0.2, 0.25) is 15.9 Å². The lowest BCUT2D eigenvalue weighted by Gasteiger charge is -2.18. The zero-order valence-electron chi connectivity index (χ0n) is 11.0. The Bertz CT molecular complexity index is 516. The summed E-state index contributed by atoms with van der Waals surface area (Å²) in [6, 6.07) is 7.81. The number of carbonyl (C=O) groups is 1. The quantitative estimate of drug-likeness (QED) is 0.755. The number of amides is 1. The molecule has 0 spiro atoms. The van der Waals surface area contributed by atoms with Crippen LogP contribution < -0.4 is 11.1 Å². The van der Waals surface area contributed by atoms with Gasteiger partial charge in [-0.2, -0.15) is 4.31 Å². The van der Waals surface area contributed by atoms with Crippen LogP contribution in [0.4, 0.5) is 0 Å². The Morgan fingerprint density at radius 2 is 1.95 bits per heavy atom. The average molecular weight is 285 g/mol. The minimum atomic E-state index is -3.64. The summed E-state index contributed by atoms with van der Waals surface area (Å²) in [6.45, 7) is 1.83. The van der Waals surface area contributed by atoms with Crippen LogP contribution in [0.1, 0.15) is 6.92 Å². The van der Waals surface area contributed by atoms with Gasteiger partial charge >= 0.3 is 0 Å². The molecule has 1 aromatic rings. The van der Waals surface area contributed by atoms with Crippen LogP contribution in [0, 0.1) is 0 Å². The number of nitrogens with two attached hydrogens (primary N) is 1. The topological polar surface area (TPSA) is 92.5 Å². The van der Waals surface area contributed by atoms with E-state index in [0.717, 1.165) is 4.31 Å². The molecule has 6 nitrogen and oxygen atoms in total. The molecule has 0 aliphatic rings.